The smallest absolute Gasteiger partial charge is 0.407 e. The number of benzene rings is 2. The summed E-state index contributed by atoms with van der Waals surface area (Å²) in [7, 11) is 0. The zero-order chi connectivity index (χ0) is 29.3. The first-order valence-corrected chi connectivity index (χ1v) is 16.1. The maximum Gasteiger partial charge on any atom is 0.407 e. The highest BCUT2D eigenvalue weighted by molar-refractivity contribution is 7.23. The van der Waals surface area contributed by atoms with E-state index in [1.165, 1.54) is 50.8 Å². The number of imidazole rings is 1. The largest absolute Gasteiger partial charge is 0.444 e. The van der Waals surface area contributed by atoms with Gasteiger partial charge < -0.3 is 20.3 Å². The van der Waals surface area contributed by atoms with Gasteiger partial charge in [0.25, 0.3) is 5.91 Å². The lowest BCUT2D eigenvalue weighted by Gasteiger charge is -2.26. The number of rotatable bonds is 9. The lowest BCUT2D eigenvalue weighted by Crippen LogP contribution is -2.33. The predicted molar refractivity (Wildman–Crippen MR) is 168 cm³/mol. The number of piperidine rings is 1. The van der Waals surface area contributed by atoms with Crippen LogP contribution in [0.2, 0.25) is 0 Å². The minimum atomic E-state index is -0.522. The van der Waals surface area contributed by atoms with Gasteiger partial charge in [0.05, 0.1) is 15.9 Å². The summed E-state index contributed by atoms with van der Waals surface area (Å²) < 4.78 is 8.56. The van der Waals surface area contributed by atoms with Crippen LogP contribution in [0.25, 0.3) is 26.4 Å². The van der Waals surface area contributed by atoms with E-state index in [2.05, 4.69) is 44.3 Å². The molecule has 1 aliphatic carbocycles. The van der Waals surface area contributed by atoms with Crippen molar-refractivity contribution in [2.24, 2.45) is 0 Å². The number of hydrogen-bond donors (Lipinski definition) is 2. The number of carbonyl (C=O) groups is 2. The van der Waals surface area contributed by atoms with Crippen molar-refractivity contribution >= 4 is 38.5 Å². The Morgan fingerprint density at radius 1 is 1.05 bits per heavy atom. The molecular weight excluding hydrogens is 546 g/mol. The quantitative estimate of drug-likeness (QED) is 0.212. The second kappa shape index (κ2) is 12.1. The first-order valence-electron chi connectivity index (χ1n) is 15.3. The van der Waals surface area contributed by atoms with Gasteiger partial charge in [-0.15, -0.1) is 0 Å². The van der Waals surface area contributed by atoms with E-state index in [1.54, 1.807) is 11.3 Å². The summed E-state index contributed by atoms with van der Waals surface area (Å²) in [5, 5.41) is 5.97. The van der Waals surface area contributed by atoms with E-state index < -0.39 is 11.7 Å². The van der Waals surface area contributed by atoms with E-state index in [9.17, 15) is 9.59 Å². The van der Waals surface area contributed by atoms with Crippen LogP contribution in [0.5, 0.6) is 0 Å². The van der Waals surface area contributed by atoms with Gasteiger partial charge in [0.1, 0.15) is 5.60 Å². The maximum absolute atomic E-state index is 12.8. The molecule has 8 nitrogen and oxygen atoms in total. The van der Waals surface area contributed by atoms with Gasteiger partial charge in [-0.3, -0.25) is 9.20 Å². The number of likely N-dealkylation sites (tertiary alicyclic amines) is 1. The Morgan fingerprint density at radius 2 is 1.86 bits per heavy atom. The van der Waals surface area contributed by atoms with Crippen LogP contribution in [0.3, 0.4) is 0 Å². The molecule has 42 heavy (non-hydrogen) atoms. The van der Waals surface area contributed by atoms with Gasteiger partial charge in [-0.2, -0.15) is 0 Å². The zero-order valence-electron chi connectivity index (χ0n) is 24.9. The van der Waals surface area contributed by atoms with E-state index in [0.717, 1.165) is 45.0 Å². The van der Waals surface area contributed by atoms with Gasteiger partial charge in [0.2, 0.25) is 0 Å². The molecule has 1 aliphatic heterocycles. The molecule has 0 atom stereocenters. The molecule has 2 amide bonds. The third-order valence-electron chi connectivity index (χ3n) is 7.99. The number of amides is 2. The third kappa shape index (κ3) is 6.79. The van der Waals surface area contributed by atoms with Crippen molar-refractivity contribution in [3.63, 3.8) is 0 Å². The third-order valence-corrected chi connectivity index (χ3v) is 9.00. The van der Waals surface area contributed by atoms with Gasteiger partial charge >= 0.3 is 6.09 Å². The van der Waals surface area contributed by atoms with Crippen LogP contribution in [0.4, 0.5) is 4.79 Å². The Hall–Kier alpha value is -3.43. The average Bonchev–Trinajstić information content (AvgIpc) is 3.65. The molecule has 2 aromatic carbocycles. The first-order chi connectivity index (χ1) is 20.2. The molecule has 4 aromatic rings. The molecule has 0 radical (unpaired) electrons. The van der Waals surface area contributed by atoms with E-state index in [-0.39, 0.29) is 5.91 Å². The number of alkyl carbamates (subject to hydrolysis) is 1. The molecule has 2 aromatic heterocycles. The number of fused-ring (bicyclic) bond motifs is 3. The van der Waals surface area contributed by atoms with Crippen LogP contribution in [0.15, 0.2) is 42.6 Å². The summed E-state index contributed by atoms with van der Waals surface area (Å²) in [5.74, 6) is 0.511. The van der Waals surface area contributed by atoms with Gasteiger partial charge in [-0.25, -0.2) is 9.78 Å². The SMILES string of the molecule is CC(C)(C)OC(=O)NCc1ccc(-c2cn3c(n2)sc2cc(C(=O)NCCCN4CCCCC4)ccc23)c(C2CC2)c1. The first kappa shape index (κ1) is 28.7. The van der Waals surface area contributed by atoms with E-state index >= 15 is 0 Å². The van der Waals surface area contributed by atoms with Crippen LogP contribution in [0.1, 0.15) is 86.7 Å². The van der Waals surface area contributed by atoms with Gasteiger partial charge in [0.15, 0.2) is 4.96 Å². The van der Waals surface area contributed by atoms with Gasteiger partial charge in [0, 0.05) is 30.4 Å². The van der Waals surface area contributed by atoms with Gasteiger partial charge in [-0.1, -0.05) is 36.0 Å². The van der Waals surface area contributed by atoms with Crippen molar-refractivity contribution < 1.29 is 14.3 Å². The van der Waals surface area contributed by atoms with Crippen molar-refractivity contribution in [2.45, 2.75) is 77.4 Å². The standard InChI is InChI=1S/C33H41N5O3S/c1-33(2,3)41-32(40)35-20-22-8-12-25(26(18-22)23-9-10-23)27-21-38-28-13-11-24(19-29(28)42-31(38)36-27)30(39)34-14-7-17-37-15-5-4-6-16-37/h8,11-13,18-19,21,23H,4-7,9-10,14-17,20H2,1-3H3,(H,34,39)(H,35,40). The molecule has 1 saturated heterocycles. The maximum atomic E-state index is 12.8. The molecular formula is C33H41N5O3S. The lowest BCUT2D eigenvalue weighted by atomic mass is 9.98. The molecule has 2 fully saturated rings. The molecule has 1 saturated carbocycles. The van der Waals surface area contributed by atoms with Crippen LogP contribution in [0, 0.1) is 0 Å². The summed E-state index contributed by atoms with van der Waals surface area (Å²) in [4.78, 5) is 33.4. The Bertz CT molecular complexity index is 1590. The van der Waals surface area contributed by atoms with Crippen LogP contribution >= 0.6 is 11.3 Å². The monoisotopic (exact) mass is 587 g/mol. The Labute approximate surface area is 251 Å². The zero-order valence-corrected chi connectivity index (χ0v) is 25.7. The van der Waals surface area contributed by atoms with E-state index in [1.807, 2.05) is 39.0 Å². The van der Waals surface area contributed by atoms with E-state index in [0.29, 0.717) is 24.6 Å². The highest BCUT2D eigenvalue weighted by Crippen LogP contribution is 2.45. The highest BCUT2D eigenvalue weighted by Gasteiger charge is 2.28. The van der Waals surface area contributed by atoms with Crippen molar-refractivity contribution in [2.75, 3.05) is 26.2 Å². The van der Waals surface area contributed by atoms with E-state index in [4.69, 9.17) is 9.72 Å². The summed E-state index contributed by atoms with van der Waals surface area (Å²) in [6.07, 6.45) is 8.95. The van der Waals surface area contributed by atoms with Crippen LogP contribution in [-0.2, 0) is 11.3 Å². The topological polar surface area (TPSA) is 88.0 Å². The van der Waals surface area contributed by atoms with Crippen molar-refractivity contribution in [3.8, 4) is 11.3 Å². The molecule has 0 spiro atoms. The molecule has 3 heterocycles. The predicted octanol–water partition coefficient (Wildman–Crippen LogP) is 6.72. The number of nitrogens with one attached hydrogen (secondary N) is 2. The number of aromatic nitrogens is 2. The second-order valence-electron chi connectivity index (χ2n) is 12.6. The number of hydrogen-bond acceptors (Lipinski definition) is 6. The average molecular weight is 588 g/mol. The number of ether oxygens (including phenoxy) is 1. The number of nitrogens with zero attached hydrogens (tertiary/aromatic N) is 3. The Kier molecular flexibility index (Phi) is 8.23. The Balaban J connectivity index is 1.13. The molecule has 9 heteroatoms. The fourth-order valence-electron chi connectivity index (χ4n) is 5.74. The van der Waals surface area contributed by atoms with Crippen LogP contribution in [-0.4, -0.2) is 58.1 Å². The molecule has 0 bridgehead atoms. The van der Waals surface area contributed by atoms with Crippen molar-refractivity contribution in [1.29, 1.82) is 0 Å². The molecule has 2 N–H and O–H groups in total. The normalized spacial score (nSPS) is 16.2. The lowest BCUT2D eigenvalue weighted by molar-refractivity contribution is 0.0523. The fourth-order valence-corrected chi connectivity index (χ4v) is 6.78. The van der Waals surface area contributed by atoms with Gasteiger partial charge in [-0.05, 0) is 108 Å². The minimum absolute atomic E-state index is 0.0161. The minimum Gasteiger partial charge on any atom is -0.444 e. The fraction of sp³-hybridized carbons (Fsp3) is 0.485. The molecule has 0 unspecified atom stereocenters. The summed E-state index contributed by atoms with van der Waals surface area (Å²) in [6.45, 7) is 10.1. The number of carbonyl (C=O) groups excluding carboxylic acids is 2. The summed E-state index contributed by atoms with van der Waals surface area (Å²) in [5.41, 5.74) is 5.66. The molecule has 2 aliphatic rings. The van der Waals surface area contributed by atoms with Crippen LogP contribution < -0.4 is 10.6 Å². The second-order valence-corrected chi connectivity index (χ2v) is 13.6. The molecule has 6 rings (SSSR count). The van der Waals surface area contributed by atoms with Crippen molar-refractivity contribution in [1.82, 2.24) is 24.9 Å². The highest BCUT2D eigenvalue weighted by atomic mass is 32.1. The summed E-state index contributed by atoms with van der Waals surface area (Å²) in [6, 6.07) is 12.3. The summed E-state index contributed by atoms with van der Waals surface area (Å²) >= 11 is 1.61. The Morgan fingerprint density at radius 3 is 2.62 bits per heavy atom. The van der Waals surface area contributed by atoms with Crippen molar-refractivity contribution in [3.05, 3.63) is 59.3 Å². The number of thiazole rings is 1. The molecule has 222 valence electrons.